The molecule has 0 aliphatic carbocycles. The quantitative estimate of drug-likeness (QED) is 0.613. The summed E-state index contributed by atoms with van der Waals surface area (Å²) in [5.41, 5.74) is 0.766. The first-order valence-electron chi connectivity index (χ1n) is 3.56. The van der Waals surface area contributed by atoms with Crippen LogP contribution in [0, 0.1) is 0 Å². The van der Waals surface area contributed by atoms with Crippen LogP contribution in [0.25, 0.3) is 0 Å². The summed E-state index contributed by atoms with van der Waals surface area (Å²) in [4.78, 5) is 16.5. The molecule has 1 amide bonds. The molecule has 0 aliphatic rings. The van der Waals surface area contributed by atoms with Crippen molar-refractivity contribution in [3.63, 3.8) is 0 Å². The van der Waals surface area contributed by atoms with Crippen LogP contribution < -0.4 is 4.90 Å². The van der Waals surface area contributed by atoms with Gasteiger partial charge in [-0.2, -0.15) is 0 Å². The molecule has 1 aromatic heterocycles. The number of anilines is 1. The minimum Gasteiger partial charge on any atom is -0.310 e. The summed E-state index contributed by atoms with van der Waals surface area (Å²) in [7, 11) is 1.68. The second-order valence-electron chi connectivity index (χ2n) is 2.31. The Bertz CT molecular complexity index is 282. The zero-order valence-electron chi connectivity index (χ0n) is 6.90. The fourth-order valence-electron chi connectivity index (χ4n) is 0.816. The van der Waals surface area contributed by atoms with E-state index in [2.05, 4.69) is 11.6 Å². The molecule has 12 heavy (non-hydrogen) atoms. The molecule has 1 aromatic rings. The zero-order valence-corrected chi connectivity index (χ0v) is 6.90. The highest BCUT2D eigenvalue weighted by atomic mass is 16.2. The highest BCUT2D eigenvalue weighted by Gasteiger charge is 2.05. The molecule has 0 saturated heterocycles. The van der Waals surface area contributed by atoms with Gasteiger partial charge in [0.05, 0.1) is 11.9 Å². The van der Waals surface area contributed by atoms with Gasteiger partial charge in [-0.3, -0.25) is 9.78 Å². The van der Waals surface area contributed by atoms with Crippen LogP contribution in [0.4, 0.5) is 5.69 Å². The van der Waals surface area contributed by atoms with Crippen molar-refractivity contribution >= 4 is 11.6 Å². The summed E-state index contributed by atoms with van der Waals surface area (Å²) < 4.78 is 0. The van der Waals surface area contributed by atoms with E-state index in [1.165, 1.54) is 11.0 Å². The number of carbonyl (C=O) groups is 1. The van der Waals surface area contributed by atoms with Gasteiger partial charge in [0.15, 0.2) is 0 Å². The minimum absolute atomic E-state index is 0.136. The molecular weight excluding hydrogens is 152 g/mol. The van der Waals surface area contributed by atoms with Gasteiger partial charge in [-0.25, -0.2) is 0 Å². The van der Waals surface area contributed by atoms with Crippen LogP contribution in [0.15, 0.2) is 37.2 Å². The van der Waals surface area contributed by atoms with Gasteiger partial charge in [-0.1, -0.05) is 6.58 Å². The van der Waals surface area contributed by atoms with Crippen LogP contribution in [0.2, 0.25) is 0 Å². The van der Waals surface area contributed by atoms with Crippen LogP contribution in [0.3, 0.4) is 0 Å². The molecule has 1 heterocycles. The topological polar surface area (TPSA) is 33.2 Å². The lowest BCUT2D eigenvalue weighted by Gasteiger charge is -2.13. The van der Waals surface area contributed by atoms with Crippen LogP contribution in [0.5, 0.6) is 0 Å². The number of carbonyl (C=O) groups excluding carboxylic acids is 1. The summed E-state index contributed by atoms with van der Waals surface area (Å²) >= 11 is 0. The molecule has 0 spiro atoms. The van der Waals surface area contributed by atoms with Crippen LogP contribution >= 0.6 is 0 Å². The first-order valence-corrected chi connectivity index (χ1v) is 3.56. The number of nitrogens with zero attached hydrogens (tertiary/aromatic N) is 2. The van der Waals surface area contributed by atoms with Crippen molar-refractivity contribution in [1.82, 2.24) is 4.98 Å². The molecule has 0 N–H and O–H groups in total. The van der Waals surface area contributed by atoms with Gasteiger partial charge < -0.3 is 4.90 Å². The van der Waals surface area contributed by atoms with Gasteiger partial charge in [0, 0.05) is 13.2 Å². The van der Waals surface area contributed by atoms with E-state index in [0.29, 0.717) is 0 Å². The maximum absolute atomic E-state index is 11.1. The Morgan fingerprint density at radius 2 is 2.50 bits per heavy atom. The largest absolute Gasteiger partial charge is 0.310 e. The van der Waals surface area contributed by atoms with Crippen molar-refractivity contribution in [2.45, 2.75) is 0 Å². The summed E-state index contributed by atoms with van der Waals surface area (Å²) in [5, 5.41) is 0. The normalized spacial score (nSPS) is 9.08. The van der Waals surface area contributed by atoms with E-state index >= 15 is 0 Å². The van der Waals surface area contributed by atoms with Gasteiger partial charge in [-0.05, 0) is 18.2 Å². The fraction of sp³-hybridized carbons (Fsp3) is 0.111. The second-order valence-corrected chi connectivity index (χ2v) is 2.31. The monoisotopic (exact) mass is 162 g/mol. The van der Waals surface area contributed by atoms with Gasteiger partial charge in [0.2, 0.25) is 5.91 Å². The minimum atomic E-state index is -0.136. The van der Waals surface area contributed by atoms with Crippen molar-refractivity contribution in [2.24, 2.45) is 0 Å². The Labute approximate surface area is 71.3 Å². The summed E-state index contributed by atoms with van der Waals surface area (Å²) in [6, 6.07) is 3.59. The molecule has 0 aromatic carbocycles. The fourth-order valence-corrected chi connectivity index (χ4v) is 0.816. The molecule has 1 rings (SSSR count). The van der Waals surface area contributed by atoms with Gasteiger partial charge in [-0.15, -0.1) is 0 Å². The lowest BCUT2D eigenvalue weighted by atomic mass is 10.4. The number of hydrogen-bond donors (Lipinski definition) is 0. The Hall–Kier alpha value is -1.64. The highest BCUT2D eigenvalue weighted by Crippen LogP contribution is 2.08. The van der Waals surface area contributed by atoms with E-state index in [-0.39, 0.29) is 5.91 Å². The highest BCUT2D eigenvalue weighted by molar-refractivity contribution is 6.00. The lowest BCUT2D eigenvalue weighted by Crippen LogP contribution is -2.23. The smallest absolute Gasteiger partial charge is 0.250 e. The molecule has 62 valence electrons. The molecular formula is C9H10N2O. The maximum atomic E-state index is 11.1. The van der Waals surface area contributed by atoms with Gasteiger partial charge >= 0.3 is 0 Å². The summed E-state index contributed by atoms with van der Waals surface area (Å²) in [6.07, 6.45) is 4.56. The SMILES string of the molecule is C=CC(=O)N(C)c1cccnc1. The molecule has 3 heteroatoms. The number of amides is 1. The molecule has 0 unspecified atom stereocenters. The number of rotatable bonds is 2. The molecule has 0 atom stereocenters. The predicted molar refractivity (Wildman–Crippen MR) is 47.8 cm³/mol. The Morgan fingerprint density at radius 3 is 3.00 bits per heavy atom. The van der Waals surface area contributed by atoms with Crippen molar-refractivity contribution in [3.8, 4) is 0 Å². The lowest BCUT2D eigenvalue weighted by molar-refractivity contribution is -0.113. The van der Waals surface area contributed by atoms with E-state index in [4.69, 9.17) is 0 Å². The second kappa shape index (κ2) is 3.67. The molecule has 0 fully saturated rings. The summed E-state index contributed by atoms with van der Waals surface area (Å²) in [5.74, 6) is -0.136. The Kier molecular flexibility index (Phi) is 2.58. The predicted octanol–water partition coefficient (Wildman–Crippen LogP) is 1.23. The zero-order chi connectivity index (χ0) is 8.97. The van der Waals surface area contributed by atoms with Crippen molar-refractivity contribution in [3.05, 3.63) is 37.2 Å². The molecule has 0 aliphatic heterocycles. The van der Waals surface area contributed by atoms with Crippen LogP contribution in [-0.2, 0) is 4.79 Å². The first-order chi connectivity index (χ1) is 5.75. The number of aromatic nitrogens is 1. The number of pyridine rings is 1. The van der Waals surface area contributed by atoms with E-state index < -0.39 is 0 Å². The molecule has 0 bridgehead atoms. The summed E-state index contributed by atoms with van der Waals surface area (Å²) in [6.45, 7) is 3.40. The van der Waals surface area contributed by atoms with Crippen molar-refractivity contribution in [1.29, 1.82) is 0 Å². The van der Waals surface area contributed by atoms with E-state index in [9.17, 15) is 4.79 Å². The van der Waals surface area contributed by atoms with Crippen molar-refractivity contribution in [2.75, 3.05) is 11.9 Å². The Balaban J connectivity index is 2.85. The number of hydrogen-bond acceptors (Lipinski definition) is 2. The molecule has 3 nitrogen and oxygen atoms in total. The van der Waals surface area contributed by atoms with E-state index in [0.717, 1.165) is 5.69 Å². The number of likely N-dealkylation sites (N-methyl/N-ethyl adjacent to an activating group) is 1. The third-order valence-corrected chi connectivity index (χ3v) is 1.54. The molecule has 0 saturated carbocycles. The van der Waals surface area contributed by atoms with Crippen LogP contribution in [0.1, 0.15) is 0 Å². The average molecular weight is 162 g/mol. The Morgan fingerprint density at radius 1 is 1.75 bits per heavy atom. The molecule has 0 radical (unpaired) electrons. The van der Waals surface area contributed by atoms with Gasteiger partial charge in [0.25, 0.3) is 0 Å². The third kappa shape index (κ3) is 1.69. The first kappa shape index (κ1) is 8.46. The van der Waals surface area contributed by atoms with Crippen molar-refractivity contribution < 1.29 is 4.79 Å². The average Bonchev–Trinajstić information content (AvgIpc) is 2.17. The maximum Gasteiger partial charge on any atom is 0.250 e. The van der Waals surface area contributed by atoms with Gasteiger partial charge in [0.1, 0.15) is 0 Å². The van der Waals surface area contributed by atoms with E-state index in [1.54, 1.807) is 25.5 Å². The third-order valence-electron chi connectivity index (χ3n) is 1.54. The standard InChI is InChI=1S/C9H10N2O/c1-3-9(12)11(2)8-5-4-6-10-7-8/h3-7H,1H2,2H3. The van der Waals surface area contributed by atoms with E-state index in [1.807, 2.05) is 6.07 Å². The van der Waals surface area contributed by atoms with Crippen LogP contribution in [-0.4, -0.2) is 17.9 Å².